The van der Waals surface area contributed by atoms with E-state index in [1.54, 1.807) is 5.56 Å². The molecule has 2 aliphatic rings. The standard InChI is InChI=1S/C30H50O/c1-3-5-6-7-12-25-16-18-28(19-17-25)29-20-22-30(23-21-29)31-24-10-15-27-14-9-8-13-26(27)11-4-2/h20-23,25-28H,3-19,24H2,1-2H3. The van der Waals surface area contributed by atoms with Gasteiger partial charge in [0.05, 0.1) is 6.61 Å². The highest BCUT2D eigenvalue weighted by Gasteiger charge is 2.24. The summed E-state index contributed by atoms with van der Waals surface area (Å²) in [6.07, 6.45) is 24.0. The maximum absolute atomic E-state index is 6.12. The second-order valence-corrected chi connectivity index (χ2v) is 10.7. The molecule has 1 nitrogen and oxygen atoms in total. The Bertz CT molecular complexity index is 567. The van der Waals surface area contributed by atoms with Gasteiger partial charge in [0, 0.05) is 0 Å². The Morgan fingerprint density at radius 3 is 2.06 bits per heavy atom. The fourth-order valence-electron chi connectivity index (χ4n) is 6.43. The van der Waals surface area contributed by atoms with Crippen LogP contribution in [0.5, 0.6) is 5.75 Å². The summed E-state index contributed by atoms with van der Waals surface area (Å²) in [7, 11) is 0. The van der Waals surface area contributed by atoms with Gasteiger partial charge in [-0.3, -0.25) is 0 Å². The largest absolute Gasteiger partial charge is 0.494 e. The third-order valence-electron chi connectivity index (χ3n) is 8.38. The molecule has 2 fully saturated rings. The fraction of sp³-hybridized carbons (Fsp3) is 0.800. The van der Waals surface area contributed by atoms with Crippen LogP contribution < -0.4 is 4.74 Å². The highest BCUT2D eigenvalue weighted by atomic mass is 16.5. The van der Waals surface area contributed by atoms with Crippen LogP contribution in [-0.4, -0.2) is 6.61 Å². The zero-order valence-electron chi connectivity index (χ0n) is 20.8. The molecule has 0 aromatic heterocycles. The van der Waals surface area contributed by atoms with Gasteiger partial charge in [-0.2, -0.15) is 0 Å². The molecule has 2 atom stereocenters. The van der Waals surface area contributed by atoms with Crippen molar-refractivity contribution in [3.05, 3.63) is 29.8 Å². The highest BCUT2D eigenvalue weighted by molar-refractivity contribution is 5.29. The number of ether oxygens (including phenoxy) is 1. The van der Waals surface area contributed by atoms with E-state index in [9.17, 15) is 0 Å². The molecule has 0 N–H and O–H groups in total. The molecular weight excluding hydrogens is 376 g/mol. The van der Waals surface area contributed by atoms with Crippen LogP contribution in [0.25, 0.3) is 0 Å². The summed E-state index contributed by atoms with van der Waals surface area (Å²) in [6.45, 7) is 5.54. The monoisotopic (exact) mass is 426 g/mol. The summed E-state index contributed by atoms with van der Waals surface area (Å²) in [5.74, 6) is 4.80. The van der Waals surface area contributed by atoms with Gasteiger partial charge in [0.2, 0.25) is 0 Å². The van der Waals surface area contributed by atoms with Crippen LogP contribution in [0.2, 0.25) is 0 Å². The van der Waals surface area contributed by atoms with E-state index in [0.29, 0.717) is 0 Å². The zero-order chi connectivity index (χ0) is 21.7. The lowest BCUT2D eigenvalue weighted by atomic mass is 9.75. The lowest BCUT2D eigenvalue weighted by Crippen LogP contribution is -2.20. The van der Waals surface area contributed by atoms with E-state index in [-0.39, 0.29) is 0 Å². The summed E-state index contributed by atoms with van der Waals surface area (Å²) in [5.41, 5.74) is 1.54. The van der Waals surface area contributed by atoms with E-state index < -0.39 is 0 Å². The molecule has 1 aromatic rings. The van der Waals surface area contributed by atoms with Gasteiger partial charge in [-0.05, 0) is 79.9 Å². The van der Waals surface area contributed by atoms with Crippen molar-refractivity contribution in [2.75, 3.05) is 6.61 Å². The molecule has 2 unspecified atom stereocenters. The molecule has 0 aliphatic heterocycles. The number of rotatable bonds is 13. The van der Waals surface area contributed by atoms with E-state index in [4.69, 9.17) is 4.74 Å². The van der Waals surface area contributed by atoms with Crippen molar-refractivity contribution in [1.82, 2.24) is 0 Å². The van der Waals surface area contributed by atoms with Gasteiger partial charge in [-0.25, -0.2) is 0 Å². The van der Waals surface area contributed by atoms with Crippen LogP contribution in [-0.2, 0) is 0 Å². The lowest BCUT2D eigenvalue weighted by molar-refractivity contribution is 0.193. The third-order valence-corrected chi connectivity index (χ3v) is 8.38. The first-order valence-corrected chi connectivity index (χ1v) is 14.0. The van der Waals surface area contributed by atoms with Gasteiger partial charge in [0.15, 0.2) is 0 Å². The summed E-state index contributed by atoms with van der Waals surface area (Å²) < 4.78 is 6.12. The smallest absolute Gasteiger partial charge is 0.119 e. The van der Waals surface area contributed by atoms with Crippen molar-refractivity contribution < 1.29 is 4.74 Å². The second-order valence-electron chi connectivity index (χ2n) is 10.7. The normalized spacial score (nSPS) is 26.6. The van der Waals surface area contributed by atoms with Crippen LogP contribution in [0.4, 0.5) is 0 Å². The minimum absolute atomic E-state index is 0.780. The van der Waals surface area contributed by atoms with E-state index in [2.05, 4.69) is 38.1 Å². The topological polar surface area (TPSA) is 9.23 Å². The SMILES string of the molecule is CCCCCCC1CCC(c2ccc(OCCCC3CCCCC3CCC)cc2)CC1. The van der Waals surface area contributed by atoms with E-state index in [1.165, 1.54) is 109 Å². The van der Waals surface area contributed by atoms with Gasteiger partial charge in [-0.15, -0.1) is 0 Å². The van der Waals surface area contributed by atoms with Crippen molar-refractivity contribution >= 4 is 0 Å². The molecule has 2 saturated carbocycles. The molecule has 0 radical (unpaired) electrons. The Labute approximate surface area is 193 Å². The van der Waals surface area contributed by atoms with Crippen molar-refractivity contribution in [2.24, 2.45) is 17.8 Å². The molecule has 0 heterocycles. The van der Waals surface area contributed by atoms with E-state index in [1.807, 2.05) is 0 Å². The number of benzene rings is 1. The first kappa shape index (κ1) is 24.7. The lowest BCUT2D eigenvalue weighted by Gasteiger charge is -2.31. The fourth-order valence-corrected chi connectivity index (χ4v) is 6.43. The first-order valence-electron chi connectivity index (χ1n) is 14.0. The van der Waals surface area contributed by atoms with Crippen LogP contribution in [0, 0.1) is 17.8 Å². The van der Waals surface area contributed by atoms with Crippen molar-refractivity contribution in [2.45, 2.75) is 129 Å². The number of hydrogen-bond acceptors (Lipinski definition) is 1. The minimum Gasteiger partial charge on any atom is -0.494 e. The first-order chi connectivity index (χ1) is 15.3. The molecule has 176 valence electrons. The van der Waals surface area contributed by atoms with Crippen LogP contribution >= 0.6 is 0 Å². The Morgan fingerprint density at radius 1 is 0.677 bits per heavy atom. The van der Waals surface area contributed by atoms with E-state index >= 15 is 0 Å². The molecule has 2 aliphatic carbocycles. The Hall–Kier alpha value is -0.980. The molecule has 0 amide bonds. The van der Waals surface area contributed by atoms with Crippen LogP contribution in [0.3, 0.4) is 0 Å². The summed E-state index contributed by atoms with van der Waals surface area (Å²) in [4.78, 5) is 0. The Morgan fingerprint density at radius 2 is 1.39 bits per heavy atom. The third kappa shape index (κ3) is 8.47. The molecule has 1 aromatic carbocycles. The van der Waals surface area contributed by atoms with Crippen molar-refractivity contribution in [3.8, 4) is 5.75 Å². The quantitative estimate of drug-likeness (QED) is 0.285. The summed E-state index contributed by atoms with van der Waals surface area (Å²) in [5, 5.41) is 0. The number of hydrogen-bond donors (Lipinski definition) is 0. The van der Waals surface area contributed by atoms with Gasteiger partial charge in [-0.1, -0.05) is 96.6 Å². The predicted octanol–water partition coefficient (Wildman–Crippen LogP) is 9.70. The molecular formula is C30H50O. The van der Waals surface area contributed by atoms with E-state index in [0.717, 1.165) is 36.0 Å². The molecule has 3 rings (SSSR count). The Kier molecular flexibility index (Phi) is 11.3. The number of unbranched alkanes of at least 4 members (excludes halogenated alkanes) is 3. The summed E-state index contributed by atoms with van der Waals surface area (Å²) in [6, 6.07) is 9.15. The molecule has 1 heteroatoms. The second kappa shape index (κ2) is 14.2. The highest BCUT2D eigenvalue weighted by Crippen LogP contribution is 2.38. The van der Waals surface area contributed by atoms with Gasteiger partial charge < -0.3 is 4.74 Å². The molecule has 31 heavy (non-hydrogen) atoms. The molecule has 0 bridgehead atoms. The maximum atomic E-state index is 6.12. The minimum atomic E-state index is 0.780. The average Bonchev–Trinajstić information content (AvgIpc) is 2.82. The molecule has 0 spiro atoms. The van der Waals surface area contributed by atoms with Crippen molar-refractivity contribution in [1.29, 1.82) is 0 Å². The van der Waals surface area contributed by atoms with Crippen LogP contribution in [0.1, 0.15) is 134 Å². The zero-order valence-corrected chi connectivity index (χ0v) is 20.8. The van der Waals surface area contributed by atoms with Crippen LogP contribution in [0.15, 0.2) is 24.3 Å². The van der Waals surface area contributed by atoms with Gasteiger partial charge in [0.1, 0.15) is 5.75 Å². The molecule has 0 saturated heterocycles. The summed E-state index contributed by atoms with van der Waals surface area (Å²) >= 11 is 0. The van der Waals surface area contributed by atoms with Gasteiger partial charge in [0.25, 0.3) is 0 Å². The predicted molar refractivity (Wildman–Crippen MR) is 135 cm³/mol. The van der Waals surface area contributed by atoms with Gasteiger partial charge >= 0.3 is 0 Å². The van der Waals surface area contributed by atoms with Crippen molar-refractivity contribution in [3.63, 3.8) is 0 Å². The Balaban J connectivity index is 1.32. The average molecular weight is 427 g/mol. The maximum Gasteiger partial charge on any atom is 0.119 e.